The molecule has 1 fully saturated rings. The van der Waals surface area contributed by atoms with Gasteiger partial charge in [-0.3, -0.25) is 14.4 Å². The Hall–Kier alpha value is -1.45. The highest BCUT2D eigenvalue weighted by molar-refractivity contribution is 6.17. The van der Waals surface area contributed by atoms with Crippen LogP contribution in [0, 0.1) is 11.8 Å². The van der Waals surface area contributed by atoms with Crippen LogP contribution in [0.5, 0.6) is 0 Å². The number of carbonyl (C=O) groups excluding carboxylic acids is 3. The van der Waals surface area contributed by atoms with E-state index in [2.05, 4.69) is 0 Å². The van der Waals surface area contributed by atoms with Gasteiger partial charge < -0.3 is 0 Å². The van der Waals surface area contributed by atoms with Crippen molar-refractivity contribution >= 4 is 17.7 Å². The van der Waals surface area contributed by atoms with Gasteiger partial charge in [0.15, 0.2) is 0 Å². The van der Waals surface area contributed by atoms with E-state index in [0.717, 1.165) is 4.90 Å². The van der Waals surface area contributed by atoms with E-state index in [1.807, 2.05) is 19.1 Å². The summed E-state index contributed by atoms with van der Waals surface area (Å²) in [6.07, 6.45) is 5.93. The van der Waals surface area contributed by atoms with E-state index in [0.29, 0.717) is 19.3 Å². The number of rotatable bonds is 2. The number of hydrogen-bond acceptors (Lipinski definition) is 3. The molecule has 1 aliphatic heterocycles. The van der Waals surface area contributed by atoms with Gasteiger partial charge in [-0.1, -0.05) is 19.1 Å². The number of nitrogens with zero attached hydrogens (tertiary/aromatic N) is 1. The Kier molecular flexibility index (Phi) is 2.90. The topological polar surface area (TPSA) is 54.5 Å². The van der Waals surface area contributed by atoms with E-state index in [1.165, 1.54) is 0 Å². The molecule has 2 atom stereocenters. The summed E-state index contributed by atoms with van der Waals surface area (Å²) in [5.74, 6) is -1.51. The van der Waals surface area contributed by atoms with Crippen molar-refractivity contribution in [2.45, 2.75) is 32.6 Å². The summed E-state index contributed by atoms with van der Waals surface area (Å²) in [6.45, 7) is 1.86. The smallest absolute Gasteiger partial charge is 0.240 e. The lowest BCUT2D eigenvalue weighted by atomic mass is 9.85. The lowest BCUT2D eigenvalue weighted by Crippen LogP contribution is -2.36. The highest BCUT2D eigenvalue weighted by atomic mass is 16.2. The predicted octanol–water partition coefficient (Wildman–Crippen LogP) is 1.26. The van der Waals surface area contributed by atoms with Crippen LogP contribution in [0.25, 0.3) is 0 Å². The molecule has 1 heterocycles. The number of amides is 3. The Balaban J connectivity index is 2.21. The summed E-state index contributed by atoms with van der Waals surface area (Å²) >= 11 is 0. The molecule has 1 aliphatic carbocycles. The van der Waals surface area contributed by atoms with E-state index in [1.54, 1.807) is 0 Å². The average Bonchev–Trinajstić information content (AvgIpc) is 2.53. The maximum Gasteiger partial charge on any atom is 0.240 e. The van der Waals surface area contributed by atoms with Crippen LogP contribution >= 0.6 is 0 Å². The number of imide groups is 3. The summed E-state index contributed by atoms with van der Waals surface area (Å²) in [5.41, 5.74) is 0. The molecule has 0 bridgehead atoms. The minimum absolute atomic E-state index is 0.268. The average molecular weight is 221 g/mol. The molecule has 86 valence electrons. The number of likely N-dealkylation sites (tertiary alicyclic amines) is 1. The molecule has 16 heavy (non-hydrogen) atoms. The van der Waals surface area contributed by atoms with Crippen LogP contribution in [-0.4, -0.2) is 22.6 Å². The lowest BCUT2D eigenvalue weighted by molar-refractivity contribution is -0.150. The first-order chi connectivity index (χ1) is 7.66. The second kappa shape index (κ2) is 4.20. The molecule has 0 aromatic heterocycles. The molecule has 0 spiro atoms. The van der Waals surface area contributed by atoms with Crippen molar-refractivity contribution in [1.29, 1.82) is 0 Å². The Bertz CT molecular complexity index is 346. The third-order valence-corrected chi connectivity index (χ3v) is 3.22. The molecule has 2 aliphatic rings. The third kappa shape index (κ3) is 1.58. The van der Waals surface area contributed by atoms with Crippen molar-refractivity contribution < 1.29 is 14.4 Å². The molecule has 0 aromatic carbocycles. The van der Waals surface area contributed by atoms with Crippen molar-refractivity contribution in [3.63, 3.8) is 0 Å². The van der Waals surface area contributed by atoms with Gasteiger partial charge in [0.25, 0.3) is 0 Å². The van der Waals surface area contributed by atoms with E-state index in [4.69, 9.17) is 0 Å². The molecule has 0 saturated carbocycles. The quantitative estimate of drug-likeness (QED) is 0.521. The highest BCUT2D eigenvalue weighted by Crippen LogP contribution is 2.35. The molecule has 2 unspecified atom stereocenters. The fraction of sp³-hybridized carbons (Fsp3) is 0.583. The Labute approximate surface area is 94.3 Å². The van der Waals surface area contributed by atoms with Crippen LogP contribution in [0.4, 0.5) is 0 Å². The molecular weight excluding hydrogens is 206 g/mol. The fourth-order valence-corrected chi connectivity index (χ4v) is 2.37. The van der Waals surface area contributed by atoms with Crippen molar-refractivity contribution in [3.8, 4) is 0 Å². The van der Waals surface area contributed by atoms with Gasteiger partial charge in [-0.05, 0) is 19.3 Å². The van der Waals surface area contributed by atoms with Crippen molar-refractivity contribution in [2.75, 3.05) is 0 Å². The Morgan fingerprint density at radius 3 is 2.19 bits per heavy atom. The zero-order chi connectivity index (χ0) is 11.7. The minimum atomic E-state index is -0.341. The first-order valence-corrected chi connectivity index (χ1v) is 5.72. The van der Waals surface area contributed by atoms with Gasteiger partial charge in [0, 0.05) is 6.42 Å². The van der Waals surface area contributed by atoms with Crippen LogP contribution in [0.3, 0.4) is 0 Å². The lowest BCUT2D eigenvalue weighted by Gasteiger charge is -2.14. The second-order valence-corrected chi connectivity index (χ2v) is 4.31. The van der Waals surface area contributed by atoms with E-state index in [-0.39, 0.29) is 36.0 Å². The molecule has 4 heteroatoms. The van der Waals surface area contributed by atoms with Crippen molar-refractivity contribution in [2.24, 2.45) is 11.8 Å². The second-order valence-electron chi connectivity index (χ2n) is 4.31. The number of carbonyl (C=O) groups is 3. The first kappa shape index (κ1) is 11.0. The van der Waals surface area contributed by atoms with Crippen LogP contribution in [0.1, 0.15) is 32.6 Å². The van der Waals surface area contributed by atoms with Gasteiger partial charge in [-0.15, -0.1) is 0 Å². The number of hydrogen-bond donors (Lipinski definition) is 0. The molecule has 3 amide bonds. The predicted molar refractivity (Wildman–Crippen MR) is 57.1 cm³/mol. The van der Waals surface area contributed by atoms with Crippen LogP contribution in [-0.2, 0) is 14.4 Å². The van der Waals surface area contributed by atoms with Crippen molar-refractivity contribution in [3.05, 3.63) is 12.2 Å². The van der Waals surface area contributed by atoms with Crippen LogP contribution in [0.2, 0.25) is 0 Å². The fourth-order valence-electron chi connectivity index (χ4n) is 2.37. The number of allylic oxidation sites excluding steroid dienone is 2. The molecule has 2 rings (SSSR count). The molecular formula is C12H15NO3. The summed E-state index contributed by atoms with van der Waals surface area (Å²) < 4.78 is 0. The largest absolute Gasteiger partial charge is 0.274 e. The summed E-state index contributed by atoms with van der Waals surface area (Å²) in [6, 6.07) is 0. The SMILES string of the molecule is CCCC(=O)N1C(=O)C2CC=CCC2C1=O. The zero-order valence-electron chi connectivity index (χ0n) is 9.31. The molecule has 0 radical (unpaired) electrons. The van der Waals surface area contributed by atoms with Crippen LogP contribution in [0.15, 0.2) is 12.2 Å². The zero-order valence-corrected chi connectivity index (χ0v) is 9.31. The van der Waals surface area contributed by atoms with Gasteiger partial charge in [0.05, 0.1) is 11.8 Å². The maximum atomic E-state index is 11.9. The van der Waals surface area contributed by atoms with E-state index < -0.39 is 0 Å². The highest BCUT2D eigenvalue weighted by Gasteiger charge is 2.49. The minimum Gasteiger partial charge on any atom is -0.274 e. The molecule has 0 N–H and O–H groups in total. The maximum absolute atomic E-state index is 11.9. The third-order valence-electron chi connectivity index (χ3n) is 3.22. The monoisotopic (exact) mass is 221 g/mol. The van der Waals surface area contributed by atoms with Gasteiger partial charge in [-0.25, -0.2) is 4.90 Å². The number of fused-ring (bicyclic) bond motifs is 1. The standard InChI is InChI=1S/C12H15NO3/c1-2-5-10(14)13-11(15)8-6-3-4-7-9(8)12(13)16/h3-4,8-9H,2,5-7H2,1H3. The van der Waals surface area contributed by atoms with Gasteiger partial charge in [-0.2, -0.15) is 0 Å². The summed E-state index contributed by atoms with van der Waals surface area (Å²) in [5, 5.41) is 0. The summed E-state index contributed by atoms with van der Waals surface area (Å²) in [7, 11) is 0. The molecule has 0 aromatic rings. The molecule has 1 saturated heterocycles. The van der Waals surface area contributed by atoms with Gasteiger partial charge >= 0.3 is 0 Å². The Morgan fingerprint density at radius 1 is 1.25 bits per heavy atom. The first-order valence-electron chi connectivity index (χ1n) is 5.72. The summed E-state index contributed by atoms with van der Waals surface area (Å²) in [4.78, 5) is 36.4. The Morgan fingerprint density at radius 2 is 1.75 bits per heavy atom. The van der Waals surface area contributed by atoms with E-state index >= 15 is 0 Å². The normalized spacial score (nSPS) is 28.4. The van der Waals surface area contributed by atoms with Gasteiger partial charge in [0.1, 0.15) is 0 Å². The van der Waals surface area contributed by atoms with Gasteiger partial charge in [0.2, 0.25) is 17.7 Å². The van der Waals surface area contributed by atoms with E-state index in [9.17, 15) is 14.4 Å². The van der Waals surface area contributed by atoms with Crippen molar-refractivity contribution in [1.82, 2.24) is 4.90 Å². The molecule has 4 nitrogen and oxygen atoms in total. The van der Waals surface area contributed by atoms with Crippen LogP contribution < -0.4 is 0 Å².